The SMILES string of the molecule is CSc1nonc1/C(=N/O)Nc1ccc(F)c(Br)c1. The lowest BCUT2D eigenvalue weighted by molar-refractivity contribution is 0.297. The molecular formula is C10H8BrFN4O2S. The highest BCUT2D eigenvalue weighted by atomic mass is 79.9. The Morgan fingerprint density at radius 3 is 2.95 bits per heavy atom. The van der Waals surface area contributed by atoms with E-state index in [1.165, 1.54) is 30.0 Å². The van der Waals surface area contributed by atoms with Crippen molar-refractivity contribution in [2.45, 2.75) is 5.03 Å². The zero-order valence-corrected chi connectivity index (χ0v) is 12.0. The van der Waals surface area contributed by atoms with Gasteiger partial charge in [-0.3, -0.25) is 0 Å². The highest BCUT2D eigenvalue weighted by Crippen LogP contribution is 2.22. The molecule has 2 N–H and O–H groups in total. The first-order valence-electron chi connectivity index (χ1n) is 4.96. The Bertz CT molecular complexity index is 619. The summed E-state index contributed by atoms with van der Waals surface area (Å²) in [6.45, 7) is 0. The normalized spacial score (nSPS) is 11.6. The first kappa shape index (κ1) is 13.8. The van der Waals surface area contributed by atoms with Crippen molar-refractivity contribution >= 4 is 39.2 Å². The molecule has 9 heteroatoms. The lowest BCUT2D eigenvalue weighted by Crippen LogP contribution is -2.15. The number of hydrogen-bond donors (Lipinski definition) is 2. The first-order chi connectivity index (χ1) is 9.15. The minimum absolute atomic E-state index is 0.0594. The standard InChI is InChI=1S/C10H8BrFN4O2S/c1-19-10-8(15-18-16-10)9(14-17)13-5-2-3-7(12)6(11)4-5/h2-4,17H,1H3,(H,13,14). The average molecular weight is 347 g/mol. The fraction of sp³-hybridized carbons (Fsp3) is 0.100. The van der Waals surface area contributed by atoms with Gasteiger partial charge in [0.2, 0.25) is 5.84 Å². The zero-order valence-electron chi connectivity index (χ0n) is 9.59. The van der Waals surface area contributed by atoms with E-state index in [1.807, 2.05) is 0 Å². The molecule has 0 unspecified atom stereocenters. The van der Waals surface area contributed by atoms with E-state index in [0.717, 1.165) is 0 Å². The van der Waals surface area contributed by atoms with Crippen LogP contribution in [0.15, 0.2) is 37.5 Å². The Morgan fingerprint density at radius 1 is 1.53 bits per heavy atom. The third kappa shape index (κ3) is 3.04. The molecule has 2 aromatic rings. The van der Waals surface area contributed by atoms with Gasteiger partial charge in [-0.05, 0) is 50.7 Å². The largest absolute Gasteiger partial charge is 0.409 e. The maximum absolute atomic E-state index is 13.1. The summed E-state index contributed by atoms with van der Waals surface area (Å²) in [5.74, 6) is -0.329. The van der Waals surface area contributed by atoms with E-state index in [1.54, 1.807) is 6.26 Å². The maximum atomic E-state index is 13.1. The van der Waals surface area contributed by atoms with E-state index in [0.29, 0.717) is 10.7 Å². The van der Waals surface area contributed by atoms with Gasteiger partial charge in [0.25, 0.3) is 0 Å². The van der Waals surface area contributed by atoms with Gasteiger partial charge in [-0.2, -0.15) is 0 Å². The summed E-state index contributed by atoms with van der Waals surface area (Å²) in [7, 11) is 0. The quantitative estimate of drug-likeness (QED) is 0.292. The summed E-state index contributed by atoms with van der Waals surface area (Å²) >= 11 is 4.36. The van der Waals surface area contributed by atoms with Gasteiger partial charge in [0.15, 0.2) is 10.7 Å². The molecule has 0 radical (unpaired) electrons. The van der Waals surface area contributed by atoms with Crippen LogP contribution in [0.3, 0.4) is 0 Å². The van der Waals surface area contributed by atoms with Gasteiger partial charge in [-0.1, -0.05) is 5.16 Å². The fourth-order valence-electron chi connectivity index (χ4n) is 1.30. The number of halogens is 2. The molecule has 6 nitrogen and oxygen atoms in total. The van der Waals surface area contributed by atoms with Crippen molar-refractivity contribution in [1.29, 1.82) is 0 Å². The summed E-state index contributed by atoms with van der Waals surface area (Å²) < 4.78 is 18.0. The van der Waals surface area contributed by atoms with E-state index in [4.69, 9.17) is 5.21 Å². The summed E-state index contributed by atoms with van der Waals surface area (Å²) in [6, 6.07) is 4.28. The molecule has 0 saturated carbocycles. The van der Waals surface area contributed by atoms with E-state index in [2.05, 4.69) is 41.3 Å². The predicted molar refractivity (Wildman–Crippen MR) is 72.1 cm³/mol. The molecule has 0 fully saturated rings. The number of oxime groups is 1. The third-order valence-electron chi connectivity index (χ3n) is 2.16. The van der Waals surface area contributed by atoms with Crippen LogP contribution in [-0.2, 0) is 0 Å². The van der Waals surface area contributed by atoms with Crippen molar-refractivity contribution in [2.24, 2.45) is 5.16 Å². The van der Waals surface area contributed by atoms with Crippen molar-refractivity contribution < 1.29 is 14.2 Å². The van der Waals surface area contributed by atoms with Gasteiger partial charge in [-0.25, -0.2) is 9.02 Å². The van der Waals surface area contributed by atoms with Gasteiger partial charge in [-0.15, -0.1) is 11.8 Å². The Kier molecular flexibility index (Phi) is 4.38. The van der Waals surface area contributed by atoms with E-state index < -0.39 is 0 Å². The molecule has 19 heavy (non-hydrogen) atoms. The second-order valence-corrected chi connectivity index (χ2v) is 4.97. The Balaban J connectivity index is 2.27. The number of nitrogens with zero attached hydrogens (tertiary/aromatic N) is 3. The predicted octanol–water partition coefficient (Wildman–Crippen LogP) is 2.94. The van der Waals surface area contributed by atoms with Gasteiger partial charge >= 0.3 is 0 Å². The molecule has 100 valence electrons. The van der Waals surface area contributed by atoms with Gasteiger partial charge < -0.3 is 10.5 Å². The molecule has 0 amide bonds. The van der Waals surface area contributed by atoms with Crippen molar-refractivity contribution in [2.75, 3.05) is 11.6 Å². The summed E-state index contributed by atoms with van der Waals surface area (Å²) in [5.41, 5.74) is 0.798. The molecule has 0 bridgehead atoms. The van der Waals surface area contributed by atoms with Crippen LogP contribution in [0.2, 0.25) is 0 Å². The Labute approximate surface area is 120 Å². The van der Waals surface area contributed by atoms with Crippen LogP contribution >= 0.6 is 27.7 Å². The molecule has 0 spiro atoms. The monoisotopic (exact) mass is 346 g/mol. The lowest BCUT2D eigenvalue weighted by atomic mass is 10.3. The number of amidine groups is 1. The molecule has 0 saturated heterocycles. The van der Waals surface area contributed by atoms with Crippen LogP contribution in [0.25, 0.3) is 0 Å². The number of rotatable bonds is 3. The van der Waals surface area contributed by atoms with Gasteiger partial charge in [0, 0.05) is 5.69 Å². The molecular weight excluding hydrogens is 339 g/mol. The number of benzene rings is 1. The highest BCUT2D eigenvalue weighted by molar-refractivity contribution is 9.10. The molecule has 0 aliphatic carbocycles. The number of anilines is 1. The average Bonchev–Trinajstić information content (AvgIpc) is 2.88. The summed E-state index contributed by atoms with van der Waals surface area (Å²) in [4.78, 5) is 0. The maximum Gasteiger partial charge on any atom is 0.202 e. The molecule has 1 aromatic carbocycles. The van der Waals surface area contributed by atoms with E-state index in [-0.39, 0.29) is 21.8 Å². The first-order valence-corrected chi connectivity index (χ1v) is 6.98. The zero-order chi connectivity index (χ0) is 13.8. The highest BCUT2D eigenvalue weighted by Gasteiger charge is 2.17. The van der Waals surface area contributed by atoms with E-state index in [9.17, 15) is 4.39 Å². The van der Waals surface area contributed by atoms with Gasteiger partial charge in [0.05, 0.1) is 4.47 Å². The second-order valence-electron chi connectivity index (χ2n) is 3.32. The Hall–Kier alpha value is -1.61. The van der Waals surface area contributed by atoms with Crippen molar-refractivity contribution in [3.8, 4) is 0 Å². The van der Waals surface area contributed by atoms with Crippen LogP contribution in [0, 0.1) is 5.82 Å². The van der Waals surface area contributed by atoms with Crippen molar-refractivity contribution in [3.05, 3.63) is 34.2 Å². The molecule has 0 atom stereocenters. The lowest BCUT2D eigenvalue weighted by Gasteiger charge is -2.06. The van der Waals surface area contributed by atoms with Crippen LogP contribution in [0.4, 0.5) is 10.1 Å². The number of nitrogens with one attached hydrogen (secondary N) is 1. The second kappa shape index (κ2) is 6.02. The fourth-order valence-corrected chi connectivity index (χ4v) is 2.12. The summed E-state index contributed by atoms with van der Waals surface area (Å²) in [5, 5.41) is 22.7. The summed E-state index contributed by atoms with van der Waals surface area (Å²) in [6.07, 6.45) is 1.78. The topological polar surface area (TPSA) is 83.5 Å². The number of hydrogen-bond acceptors (Lipinski definition) is 6. The molecule has 0 aliphatic heterocycles. The number of thioether (sulfide) groups is 1. The van der Waals surface area contributed by atoms with Crippen LogP contribution in [-0.4, -0.2) is 27.6 Å². The third-order valence-corrected chi connectivity index (χ3v) is 3.42. The van der Waals surface area contributed by atoms with Gasteiger partial charge in [0.1, 0.15) is 5.82 Å². The Morgan fingerprint density at radius 2 is 2.32 bits per heavy atom. The molecule has 1 aromatic heterocycles. The minimum atomic E-state index is -0.388. The van der Waals surface area contributed by atoms with Crippen LogP contribution in [0.1, 0.15) is 5.69 Å². The van der Waals surface area contributed by atoms with E-state index >= 15 is 0 Å². The molecule has 2 rings (SSSR count). The smallest absolute Gasteiger partial charge is 0.202 e. The number of aromatic nitrogens is 2. The van der Waals surface area contributed by atoms with Crippen LogP contribution < -0.4 is 5.32 Å². The molecule has 0 aliphatic rings. The van der Waals surface area contributed by atoms with Crippen LogP contribution in [0.5, 0.6) is 0 Å². The molecule has 1 heterocycles. The van der Waals surface area contributed by atoms with Crippen molar-refractivity contribution in [1.82, 2.24) is 10.3 Å². The minimum Gasteiger partial charge on any atom is -0.409 e. The van der Waals surface area contributed by atoms with Crippen molar-refractivity contribution in [3.63, 3.8) is 0 Å².